The Morgan fingerprint density at radius 1 is 1.21 bits per heavy atom. The van der Waals surface area contributed by atoms with E-state index >= 15 is 0 Å². The van der Waals surface area contributed by atoms with E-state index in [1.807, 2.05) is 46.3 Å². The lowest BCUT2D eigenvalue weighted by molar-refractivity contribution is 0.187. The highest BCUT2D eigenvalue weighted by Gasteiger charge is 2.20. The fraction of sp³-hybridized carbons (Fsp3) is 0.211. The van der Waals surface area contributed by atoms with Gasteiger partial charge in [-0.3, -0.25) is 14.3 Å². The number of hydrogen-bond acceptors (Lipinski definition) is 5. The van der Waals surface area contributed by atoms with Crippen LogP contribution in [0.2, 0.25) is 0 Å². The van der Waals surface area contributed by atoms with Gasteiger partial charge in [0.15, 0.2) is 11.2 Å². The van der Waals surface area contributed by atoms with Crippen LogP contribution in [0.25, 0.3) is 22.6 Å². The molecule has 0 aliphatic heterocycles. The molecule has 4 aromatic rings. The molecule has 0 radical (unpaired) electrons. The normalized spacial score (nSPS) is 11.4. The number of halogens is 1. The third-order valence-electron chi connectivity index (χ3n) is 4.41. The molecule has 144 valence electrons. The van der Waals surface area contributed by atoms with Crippen molar-refractivity contribution >= 4 is 38.4 Å². The van der Waals surface area contributed by atoms with E-state index < -0.39 is 11.2 Å². The number of rotatable bonds is 6. The number of thiophene rings is 1. The van der Waals surface area contributed by atoms with Crippen molar-refractivity contribution in [2.75, 3.05) is 13.7 Å². The molecule has 7 nitrogen and oxygen atoms in total. The fourth-order valence-electron chi connectivity index (χ4n) is 3.13. The van der Waals surface area contributed by atoms with Crippen molar-refractivity contribution < 1.29 is 4.74 Å². The second kappa shape index (κ2) is 7.86. The minimum absolute atomic E-state index is 0.303. The summed E-state index contributed by atoms with van der Waals surface area (Å²) in [5.74, 6) is 0.642. The lowest BCUT2D eigenvalue weighted by Crippen LogP contribution is -2.32. The molecule has 3 heterocycles. The zero-order valence-corrected chi connectivity index (χ0v) is 17.4. The largest absolute Gasteiger partial charge is 0.383 e. The number of hydrogen-bond donors (Lipinski definition) is 1. The smallest absolute Gasteiger partial charge is 0.330 e. The maximum atomic E-state index is 12.7. The Hall–Kier alpha value is -2.49. The summed E-state index contributed by atoms with van der Waals surface area (Å²) < 4.78 is 9.39. The molecule has 0 amide bonds. The topological polar surface area (TPSA) is 81.9 Å². The minimum Gasteiger partial charge on any atom is -0.383 e. The summed E-state index contributed by atoms with van der Waals surface area (Å²) in [6, 6.07) is 11.8. The molecule has 0 aliphatic rings. The summed E-state index contributed by atoms with van der Waals surface area (Å²) in [5, 5.41) is 1.97. The number of methoxy groups -OCH3 is 1. The van der Waals surface area contributed by atoms with E-state index in [-0.39, 0.29) is 0 Å². The number of nitrogens with one attached hydrogen (secondary N) is 1. The molecule has 0 spiro atoms. The molecular weight excluding hydrogens is 444 g/mol. The minimum atomic E-state index is -0.489. The Labute approximate surface area is 172 Å². The molecule has 0 bridgehead atoms. The van der Waals surface area contributed by atoms with Crippen molar-refractivity contribution in [2.45, 2.75) is 13.1 Å². The van der Waals surface area contributed by atoms with E-state index in [1.54, 1.807) is 7.11 Å². The molecular formula is C19H17BrN4O3S. The Morgan fingerprint density at radius 2 is 2.00 bits per heavy atom. The highest BCUT2D eigenvalue weighted by atomic mass is 79.9. The van der Waals surface area contributed by atoms with Gasteiger partial charge in [0, 0.05) is 24.6 Å². The SMILES string of the molecule is COCCn1c(=O)[nH]c(=O)c2c1nc(-c1csc(Br)c1)n2Cc1ccccc1. The second-order valence-electron chi connectivity index (χ2n) is 6.22. The average molecular weight is 461 g/mol. The highest BCUT2D eigenvalue weighted by Crippen LogP contribution is 2.30. The Balaban J connectivity index is 2.00. The standard InChI is InChI=1S/C19H17BrN4O3S/c1-27-8-7-23-17-15(18(25)22-19(23)26)24(10-12-5-3-2-4-6-12)16(21-17)13-9-14(20)28-11-13/h2-6,9,11H,7-8,10H2,1H3,(H,22,25,26). The number of imidazole rings is 1. The van der Waals surface area contributed by atoms with Crippen LogP contribution in [-0.2, 0) is 17.8 Å². The number of benzene rings is 1. The van der Waals surface area contributed by atoms with Crippen LogP contribution in [0.5, 0.6) is 0 Å². The van der Waals surface area contributed by atoms with Crippen molar-refractivity contribution in [1.29, 1.82) is 0 Å². The van der Waals surface area contributed by atoms with Crippen molar-refractivity contribution in [3.05, 3.63) is 72.0 Å². The average Bonchev–Trinajstić information content (AvgIpc) is 3.26. The number of fused-ring (bicyclic) bond motifs is 1. The van der Waals surface area contributed by atoms with Crippen LogP contribution in [0.1, 0.15) is 5.56 Å². The van der Waals surface area contributed by atoms with E-state index in [0.717, 1.165) is 14.9 Å². The molecule has 0 fully saturated rings. The van der Waals surface area contributed by atoms with Gasteiger partial charge in [-0.2, -0.15) is 0 Å². The molecule has 0 aliphatic carbocycles. The summed E-state index contributed by atoms with van der Waals surface area (Å²) in [7, 11) is 1.57. The van der Waals surface area contributed by atoms with Crippen LogP contribution in [-0.4, -0.2) is 32.8 Å². The first kappa shape index (κ1) is 18.9. The van der Waals surface area contributed by atoms with E-state index in [1.165, 1.54) is 15.9 Å². The molecule has 0 saturated heterocycles. The van der Waals surface area contributed by atoms with Crippen molar-refractivity contribution in [3.8, 4) is 11.4 Å². The maximum absolute atomic E-state index is 12.7. The van der Waals surface area contributed by atoms with E-state index in [0.29, 0.717) is 36.7 Å². The van der Waals surface area contributed by atoms with E-state index in [4.69, 9.17) is 9.72 Å². The van der Waals surface area contributed by atoms with Crippen LogP contribution in [0.15, 0.2) is 55.2 Å². The van der Waals surface area contributed by atoms with Crippen LogP contribution in [0.3, 0.4) is 0 Å². The van der Waals surface area contributed by atoms with Crippen LogP contribution in [0, 0.1) is 0 Å². The van der Waals surface area contributed by atoms with Gasteiger partial charge in [-0.05, 0) is 27.6 Å². The Bertz CT molecular complexity index is 1240. The van der Waals surface area contributed by atoms with E-state index in [9.17, 15) is 9.59 Å². The van der Waals surface area contributed by atoms with E-state index in [2.05, 4.69) is 20.9 Å². The lowest BCUT2D eigenvalue weighted by Gasteiger charge is -2.09. The van der Waals surface area contributed by atoms with Crippen LogP contribution < -0.4 is 11.2 Å². The lowest BCUT2D eigenvalue weighted by atomic mass is 10.2. The monoisotopic (exact) mass is 460 g/mol. The predicted octanol–water partition coefficient (Wildman–Crippen LogP) is 3.07. The van der Waals surface area contributed by atoms with Gasteiger partial charge in [0.2, 0.25) is 0 Å². The third-order valence-corrected chi connectivity index (χ3v) is 5.92. The molecule has 4 rings (SSSR count). The first-order chi connectivity index (χ1) is 13.6. The Morgan fingerprint density at radius 3 is 2.68 bits per heavy atom. The number of aromatic nitrogens is 4. The molecule has 0 saturated carbocycles. The molecule has 3 aromatic heterocycles. The molecule has 9 heteroatoms. The second-order valence-corrected chi connectivity index (χ2v) is 8.51. The number of ether oxygens (including phenoxy) is 1. The number of H-pyrrole nitrogens is 1. The highest BCUT2D eigenvalue weighted by molar-refractivity contribution is 9.11. The van der Waals surface area contributed by atoms with Gasteiger partial charge >= 0.3 is 5.69 Å². The number of aromatic amines is 1. The van der Waals surface area contributed by atoms with Gasteiger partial charge in [-0.1, -0.05) is 30.3 Å². The van der Waals surface area contributed by atoms with Gasteiger partial charge in [-0.25, -0.2) is 9.78 Å². The molecule has 1 N–H and O–H groups in total. The summed E-state index contributed by atoms with van der Waals surface area (Å²) in [6.45, 7) is 1.11. The van der Waals surface area contributed by atoms with Crippen LogP contribution in [0.4, 0.5) is 0 Å². The maximum Gasteiger partial charge on any atom is 0.330 e. The predicted molar refractivity (Wildman–Crippen MR) is 113 cm³/mol. The summed E-state index contributed by atoms with van der Waals surface area (Å²) in [6.07, 6.45) is 0. The van der Waals surface area contributed by atoms with Gasteiger partial charge in [0.1, 0.15) is 5.82 Å². The van der Waals surface area contributed by atoms with Crippen LogP contribution >= 0.6 is 27.3 Å². The van der Waals surface area contributed by atoms with Gasteiger partial charge in [-0.15, -0.1) is 11.3 Å². The Kier molecular flexibility index (Phi) is 5.29. The quantitative estimate of drug-likeness (QED) is 0.479. The fourth-order valence-corrected chi connectivity index (χ4v) is 4.27. The van der Waals surface area contributed by atoms with Gasteiger partial charge in [0.25, 0.3) is 5.56 Å². The zero-order valence-electron chi connectivity index (χ0n) is 15.0. The molecule has 1 aromatic carbocycles. The van der Waals surface area contributed by atoms with Crippen molar-refractivity contribution in [3.63, 3.8) is 0 Å². The van der Waals surface area contributed by atoms with Crippen molar-refractivity contribution in [2.24, 2.45) is 0 Å². The molecule has 0 unspecified atom stereocenters. The number of nitrogens with zero attached hydrogens (tertiary/aromatic N) is 3. The zero-order chi connectivity index (χ0) is 19.7. The molecule has 28 heavy (non-hydrogen) atoms. The summed E-state index contributed by atoms with van der Waals surface area (Å²) in [4.78, 5) is 32.2. The first-order valence-electron chi connectivity index (χ1n) is 8.59. The van der Waals surface area contributed by atoms with Gasteiger partial charge < -0.3 is 9.30 Å². The summed E-state index contributed by atoms with van der Waals surface area (Å²) >= 11 is 5.02. The van der Waals surface area contributed by atoms with Crippen molar-refractivity contribution in [1.82, 2.24) is 19.1 Å². The van der Waals surface area contributed by atoms with Gasteiger partial charge in [0.05, 0.1) is 16.9 Å². The summed E-state index contributed by atoms with van der Waals surface area (Å²) in [5.41, 5.74) is 1.71. The molecule has 0 atom stereocenters. The first-order valence-corrected chi connectivity index (χ1v) is 10.3. The third kappa shape index (κ3) is 3.48.